The summed E-state index contributed by atoms with van der Waals surface area (Å²) in [5.41, 5.74) is 1.23. The third kappa shape index (κ3) is 3.54. The van der Waals surface area contributed by atoms with Crippen LogP contribution in [0.4, 0.5) is 10.5 Å². The predicted octanol–water partition coefficient (Wildman–Crippen LogP) is 6.49. The topological polar surface area (TPSA) is 50.5 Å². The predicted molar refractivity (Wildman–Crippen MR) is 109 cm³/mol. The smallest absolute Gasteiger partial charge is 0.298 e. The Morgan fingerprint density at radius 1 is 0.963 bits per heavy atom. The number of para-hydroxylation sites is 1. The van der Waals surface area contributed by atoms with Crippen molar-refractivity contribution >= 4 is 57.9 Å². The van der Waals surface area contributed by atoms with Crippen molar-refractivity contribution in [2.75, 3.05) is 4.90 Å². The Kier molecular flexibility index (Phi) is 4.83. The first kappa shape index (κ1) is 17.9. The number of carbonyl (C=O) groups excluding carboxylic acids is 2. The molecule has 27 heavy (non-hydrogen) atoms. The van der Waals surface area contributed by atoms with E-state index in [0.717, 1.165) is 16.7 Å². The monoisotopic (exact) mass is 415 g/mol. The minimum Gasteiger partial charge on any atom is -0.457 e. The molecule has 2 heterocycles. The molecule has 7 heteroatoms. The van der Waals surface area contributed by atoms with Crippen LogP contribution in [0.1, 0.15) is 5.76 Å². The van der Waals surface area contributed by atoms with Gasteiger partial charge in [-0.2, -0.15) is 0 Å². The number of thioether (sulfide) groups is 1. The van der Waals surface area contributed by atoms with Crippen LogP contribution < -0.4 is 4.90 Å². The number of anilines is 1. The lowest BCUT2D eigenvalue weighted by Crippen LogP contribution is -2.27. The largest absolute Gasteiger partial charge is 0.457 e. The summed E-state index contributed by atoms with van der Waals surface area (Å²) in [6.45, 7) is 0. The first-order valence-corrected chi connectivity index (χ1v) is 9.48. The normalized spacial score (nSPS) is 15.8. The minimum atomic E-state index is -0.376. The van der Waals surface area contributed by atoms with Gasteiger partial charge < -0.3 is 4.42 Å². The lowest BCUT2D eigenvalue weighted by Gasteiger charge is -2.11. The standard InChI is InChI=1S/C20H11Cl2NO3S/c21-12-6-8-15(16(22)10-12)17-9-7-14(26-17)11-18-19(24)23(20(25)27-18)13-4-2-1-3-5-13/h1-11H/b18-11-. The highest BCUT2D eigenvalue weighted by Crippen LogP contribution is 2.37. The van der Waals surface area contributed by atoms with Crippen LogP contribution in [-0.2, 0) is 4.79 Å². The molecule has 0 atom stereocenters. The second-order valence-electron chi connectivity index (χ2n) is 5.68. The number of imide groups is 1. The molecule has 3 aromatic rings. The Hall–Kier alpha value is -2.47. The van der Waals surface area contributed by atoms with Crippen molar-refractivity contribution in [2.45, 2.75) is 0 Å². The van der Waals surface area contributed by atoms with Crippen molar-refractivity contribution in [1.29, 1.82) is 0 Å². The van der Waals surface area contributed by atoms with Gasteiger partial charge in [0.1, 0.15) is 11.5 Å². The van der Waals surface area contributed by atoms with Gasteiger partial charge in [0.05, 0.1) is 15.6 Å². The van der Waals surface area contributed by atoms with E-state index in [2.05, 4.69) is 0 Å². The molecule has 2 aromatic carbocycles. The van der Waals surface area contributed by atoms with Gasteiger partial charge >= 0.3 is 0 Å². The van der Waals surface area contributed by atoms with E-state index in [1.165, 1.54) is 0 Å². The number of hydrogen-bond acceptors (Lipinski definition) is 4. The third-order valence-electron chi connectivity index (χ3n) is 3.90. The van der Waals surface area contributed by atoms with Gasteiger partial charge in [-0.25, -0.2) is 4.90 Å². The number of hydrogen-bond donors (Lipinski definition) is 0. The molecule has 0 saturated carbocycles. The van der Waals surface area contributed by atoms with Gasteiger partial charge in [0.25, 0.3) is 11.1 Å². The van der Waals surface area contributed by atoms with Crippen LogP contribution in [0.25, 0.3) is 17.4 Å². The Morgan fingerprint density at radius 3 is 2.48 bits per heavy atom. The SMILES string of the molecule is O=C1S/C(=C\c2ccc(-c3ccc(Cl)cc3Cl)o2)C(=O)N1c1ccccc1. The van der Waals surface area contributed by atoms with Crippen LogP contribution in [0.15, 0.2) is 70.0 Å². The molecule has 0 radical (unpaired) electrons. The van der Waals surface area contributed by atoms with Crippen LogP contribution in [0.3, 0.4) is 0 Å². The molecule has 4 rings (SSSR count). The summed E-state index contributed by atoms with van der Waals surface area (Å²) in [5.74, 6) is 0.624. The molecule has 0 unspecified atom stereocenters. The molecule has 1 saturated heterocycles. The molecule has 0 spiro atoms. The van der Waals surface area contributed by atoms with Gasteiger partial charge in [-0.15, -0.1) is 0 Å². The second-order valence-corrected chi connectivity index (χ2v) is 7.52. The molecule has 0 N–H and O–H groups in total. The van der Waals surface area contributed by atoms with Gasteiger partial charge in [-0.3, -0.25) is 9.59 Å². The molecule has 2 amide bonds. The maximum Gasteiger partial charge on any atom is 0.298 e. The Labute approximate surface area is 169 Å². The van der Waals surface area contributed by atoms with Gasteiger partial charge in [0.15, 0.2) is 0 Å². The molecular weight excluding hydrogens is 405 g/mol. The summed E-state index contributed by atoms with van der Waals surface area (Å²) < 4.78 is 5.78. The molecule has 1 fully saturated rings. The van der Waals surface area contributed by atoms with E-state index in [4.69, 9.17) is 27.6 Å². The van der Waals surface area contributed by atoms with Crippen molar-refractivity contribution in [2.24, 2.45) is 0 Å². The van der Waals surface area contributed by atoms with E-state index in [9.17, 15) is 9.59 Å². The van der Waals surface area contributed by atoms with E-state index in [1.807, 2.05) is 6.07 Å². The summed E-state index contributed by atoms with van der Waals surface area (Å²) in [6.07, 6.45) is 1.56. The zero-order valence-corrected chi connectivity index (χ0v) is 16.0. The van der Waals surface area contributed by atoms with Gasteiger partial charge in [0, 0.05) is 16.7 Å². The summed E-state index contributed by atoms with van der Waals surface area (Å²) >= 11 is 13.0. The number of amides is 2. The van der Waals surface area contributed by atoms with Crippen molar-refractivity contribution < 1.29 is 14.0 Å². The fourth-order valence-corrected chi connectivity index (χ4v) is 3.98. The van der Waals surface area contributed by atoms with Gasteiger partial charge in [-0.1, -0.05) is 41.4 Å². The van der Waals surface area contributed by atoms with Crippen molar-refractivity contribution in [1.82, 2.24) is 0 Å². The number of carbonyl (C=O) groups is 2. The Morgan fingerprint density at radius 2 is 1.74 bits per heavy atom. The molecule has 4 nitrogen and oxygen atoms in total. The number of rotatable bonds is 3. The van der Waals surface area contributed by atoms with Crippen LogP contribution in [0, 0.1) is 0 Å². The van der Waals surface area contributed by atoms with E-state index in [-0.39, 0.29) is 11.1 Å². The van der Waals surface area contributed by atoms with Crippen molar-refractivity contribution in [3.05, 3.63) is 81.4 Å². The van der Waals surface area contributed by atoms with Crippen LogP contribution >= 0.6 is 35.0 Å². The van der Waals surface area contributed by atoms with E-state index >= 15 is 0 Å². The number of furan rings is 1. The molecule has 0 aliphatic carbocycles. The molecule has 134 valence electrons. The van der Waals surface area contributed by atoms with Crippen LogP contribution in [0.5, 0.6) is 0 Å². The fourth-order valence-electron chi connectivity index (χ4n) is 2.66. The maximum atomic E-state index is 12.6. The lowest BCUT2D eigenvalue weighted by atomic mass is 10.2. The number of halogens is 2. The maximum absolute atomic E-state index is 12.6. The van der Waals surface area contributed by atoms with Gasteiger partial charge in [-0.05, 0) is 54.2 Å². The van der Waals surface area contributed by atoms with Gasteiger partial charge in [0.2, 0.25) is 0 Å². The Balaban J connectivity index is 1.62. The van der Waals surface area contributed by atoms with Crippen molar-refractivity contribution in [3.63, 3.8) is 0 Å². The molecule has 1 aromatic heterocycles. The van der Waals surface area contributed by atoms with Crippen LogP contribution in [0.2, 0.25) is 10.0 Å². The first-order chi connectivity index (χ1) is 13.0. The summed E-state index contributed by atoms with van der Waals surface area (Å²) in [7, 11) is 0. The highest BCUT2D eigenvalue weighted by molar-refractivity contribution is 8.19. The van der Waals surface area contributed by atoms with E-state index < -0.39 is 0 Å². The zero-order chi connectivity index (χ0) is 19.0. The third-order valence-corrected chi connectivity index (χ3v) is 5.32. The summed E-state index contributed by atoms with van der Waals surface area (Å²) in [6, 6.07) is 17.4. The zero-order valence-electron chi connectivity index (χ0n) is 13.7. The molecule has 0 bridgehead atoms. The quantitative estimate of drug-likeness (QED) is 0.458. The van der Waals surface area contributed by atoms with Crippen LogP contribution in [-0.4, -0.2) is 11.1 Å². The average molecular weight is 416 g/mol. The fraction of sp³-hybridized carbons (Fsp3) is 0. The first-order valence-electron chi connectivity index (χ1n) is 7.91. The summed E-state index contributed by atoms with van der Waals surface area (Å²) in [4.78, 5) is 26.3. The molecular formula is C20H11Cl2NO3S. The second kappa shape index (κ2) is 7.27. The highest BCUT2D eigenvalue weighted by Gasteiger charge is 2.36. The summed E-state index contributed by atoms with van der Waals surface area (Å²) in [5, 5.41) is 0.655. The highest BCUT2D eigenvalue weighted by atomic mass is 35.5. The van der Waals surface area contributed by atoms with Crippen molar-refractivity contribution in [3.8, 4) is 11.3 Å². The average Bonchev–Trinajstić information content (AvgIpc) is 3.21. The lowest BCUT2D eigenvalue weighted by molar-refractivity contribution is -0.113. The number of benzene rings is 2. The molecule has 1 aliphatic rings. The Bertz CT molecular complexity index is 1080. The van der Waals surface area contributed by atoms with E-state index in [0.29, 0.717) is 37.7 Å². The molecule has 1 aliphatic heterocycles. The minimum absolute atomic E-state index is 0.298. The number of nitrogens with zero attached hydrogens (tertiary/aromatic N) is 1. The van der Waals surface area contributed by atoms with E-state index in [1.54, 1.807) is 60.7 Å².